The van der Waals surface area contributed by atoms with Crippen molar-refractivity contribution in [1.82, 2.24) is 4.90 Å². The molecule has 0 saturated carbocycles. The second kappa shape index (κ2) is 12.2. The van der Waals surface area contributed by atoms with Gasteiger partial charge in [0.05, 0.1) is 0 Å². The van der Waals surface area contributed by atoms with Crippen molar-refractivity contribution >= 4 is 29.0 Å². The van der Waals surface area contributed by atoms with Gasteiger partial charge in [-0.15, -0.1) is 0 Å². The number of para-hydroxylation sites is 1. The van der Waals surface area contributed by atoms with Gasteiger partial charge in [-0.05, 0) is 68.0 Å². The number of hydrogen-bond acceptors (Lipinski definition) is 3. The number of nitrogens with one attached hydrogen (secondary N) is 2. The van der Waals surface area contributed by atoms with E-state index in [0.29, 0.717) is 19.5 Å². The predicted molar refractivity (Wildman–Crippen MR) is 144 cm³/mol. The van der Waals surface area contributed by atoms with Gasteiger partial charge in [0.1, 0.15) is 0 Å². The first kappa shape index (κ1) is 24.6. The standard InChI is InChI=1S/C29H36N4O2/c1-2-24-12-6-7-13-27(24)31-29(35)33-21-19-32(20-22-33)26-17-15-25(16-18-26)30-28(34)14-8-11-23-9-4-3-5-10-23/h4,6-7,9-10,12-13,15-18H,2-3,5,8,11,14,19-22H2,1H3,(H,30,34)(H,31,35). The van der Waals surface area contributed by atoms with Crippen molar-refractivity contribution < 1.29 is 9.59 Å². The Kier molecular flexibility index (Phi) is 8.60. The number of aryl methyl sites for hydroxylation is 1. The zero-order valence-electron chi connectivity index (χ0n) is 20.6. The van der Waals surface area contributed by atoms with Gasteiger partial charge in [-0.25, -0.2) is 4.79 Å². The topological polar surface area (TPSA) is 64.7 Å². The summed E-state index contributed by atoms with van der Waals surface area (Å²) in [6.45, 7) is 4.99. The molecule has 35 heavy (non-hydrogen) atoms. The minimum atomic E-state index is -0.0422. The van der Waals surface area contributed by atoms with E-state index in [1.54, 1.807) is 0 Å². The normalized spacial score (nSPS) is 15.5. The smallest absolute Gasteiger partial charge is 0.321 e. The maximum atomic E-state index is 12.7. The molecule has 0 atom stereocenters. The van der Waals surface area contributed by atoms with E-state index in [1.807, 2.05) is 53.4 Å². The number of carbonyl (C=O) groups excluding carboxylic acids is 2. The van der Waals surface area contributed by atoms with Gasteiger partial charge < -0.3 is 20.4 Å². The van der Waals surface area contributed by atoms with Gasteiger partial charge in [0, 0.05) is 49.7 Å². The lowest BCUT2D eigenvalue weighted by Gasteiger charge is -2.36. The largest absolute Gasteiger partial charge is 0.368 e. The molecule has 4 rings (SSSR count). The van der Waals surface area contributed by atoms with Crippen molar-refractivity contribution in [3.05, 3.63) is 77.9 Å². The molecule has 184 valence electrons. The molecule has 0 unspecified atom stereocenters. The Morgan fingerprint density at radius 2 is 1.69 bits per heavy atom. The third-order valence-electron chi connectivity index (χ3n) is 6.66. The summed E-state index contributed by atoms with van der Waals surface area (Å²) in [5, 5.41) is 6.07. The first-order valence-corrected chi connectivity index (χ1v) is 12.8. The zero-order chi connectivity index (χ0) is 24.5. The van der Waals surface area contributed by atoms with E-state index in [-0.39, 0.29) is 11.9 Å². The Morgan fingerprint density at radius 1 is 0.914 bits per heavy atom. The third-order valence-corrected chi connectivity index (χ3v) is 6.66. The number of anilines is 3. The van der Waals surface area contributed by atoms with Gasteiger partial charge in [-0.3, -0.25) is 4.79 Å². The summed E-state index contributed by atoms with van der Waals surface area (Å²) < 4.78 is 0. The number of nitrogens with zero attached hydrogens (tertiary/aromatic N) is 2. The van der Waals surface area contributed by atoms with Gasteiger partial charge in [-0.1, -0.05) is 48.9 Å². The van der Waals surface area contributed by atoms with Crippen LogP contribution in [-0.4, -0.2) is 43.0 Å². The lowest BCUT2D eigenvalue weighted by molar-refractivity contribution is -0.116. The number of allylic oxidation sites excluding steroid dienone is 4. The number of piperazine rings is 1. The molecule has 1 fully saturated rings. The fourth-order valence-corrected chi connectivity index (χ4v) is 4.60. The summed E-state index contributed by atoms with van der Waals surface area (Å²) in [5.74, 6) is 0.0578. The number of hydrogen-bond donors (Lipinski definition) is 2. The van der Waals surface area contributed by atoms with E-state index in [4.69, 9.17) is 0 Å². The second-order valence-electron chi connectivity index (χ2n) is 9.12. The van der Waals surface area contributed by atoms with Crippen LogP contribution in [0.4, 0.5) is 21.9 Å². The van der Waals surface area contributed by atoms with Crippen LogP contribution in [0.2, 0.25) is 0 Å². The minimum absolute atomic E-state index is 0.0422. The highest BCUT2D eigenvalue weighted by Crippen LogP contribution is 2.22. The summed E-state index contributed by atoms with van der Waals surface area (Å²) in [6, 6.07) is 15.9. The molecule has 2 aromatic carbocycles. The number of urea groups is 1. The van der Waals surface area contributed by atoms with Crippen molar-refractivity contribution in [2.24, 2.45) is 0 Å². The molecule has 1 heterocycles. The van der Waals surface area contributed by atoms with Gasteiger partial charge >= 0.3 is 6.03 Å². The average molecular weight is 473 g/mol. The van der Waals surface area contributed by atoms with Gasteiger partial charge in [0.2, 0.25) is 5.91 Å². The SMILES string of the molecule is CCc1ccccc1NC(=O)N1CCN(c2ccc(NC(=O)CCCC3=CCCC=C3)cc2)CC1. The second-order valence-corrected chi connectivity index (χ2v) is 9.12. The minimum Gasteiger partial charge on any atom is -0.368 e. The fourth-order valence-electron chi connectivity index (χ4n) is 4.60. The molecule has 0 bridgehead atoms. The first-order chi connectivity index (χ1) is 17.1. The quantitative estimate of drug-likeness (QED) is 0.496. The van der Waals surface area contributed by atoms with Crippen LogP contribution >= 0.6 is 0 Å². The summed E-state index contributed by atoms with van der Waals surface area (Å²) in [6.07, 6.45) is 12.1. The molecular formula is C29H36N4O2. The maximum absolute atomic E-state index is 12.7. The van der Waals surface area contributed by atoms with Crippen LogP contribution in [0.3, 0.4) is 0 Å². The number of benzene rings is 2. The Bertz CT molecular complexity index is 1070. The molecular weight excluding hydrogens is 436 g/mol. The Hall–Kier alpha value is -3.54. The summed E-state index contributed by atoms with van der Waals surface area (Å²) in [7, 11) is 0. The van der Waals surface area contributed by atoms with Crippen molar-refractivity contribution in [3.8, 4) is 0 Å². The van der Waals surface area contributed by atoms with Gasteiger partial charge in [-0.2, -0.15) is 0 Å². The Morgan fingerprint density at radius 3 is 2.40 bits per heavy atom. The maximum Gasteiger partial charge on any atom is 0.321 e. The molecule has 6 heteroatoms. The van der Waals surface area contributed by atoms with E-state index in [9.17, 15) is 9.59 Å². The number of amides is 3. The fraction of sp³-hybridized carbons (Fsp3) is 0.379. The highest BCUT2D eigenvalue weighted by molar-refractivity contribution is 5.91. The third kappa shape index (κ3) is 6.98. The van der Waals surface area contributed by atoms with Gasteiger partial charge in [0.25, 0.3) is 0 Å². The number of carbonyl (C=O) groups is 2. The molecule has 1 aliphatic carbocycles. The zero-order valence-corrected chi connectivity index (χ0v) is 20.6. The van der Waals surface area contributed by atoms with E-state index in [1.165, 1.54) is 5.57 Å². The average Bonchev–Trinajstić information content (AvgIpc) is 2.90. The summed E-state index contributed by atoms with van der Waals surface area (Å²) in [4.78, 5) is 29.2. The van der Waals surface area contributed by atoms with Crippen molar-refractivity contribution in [2.45, 2.75) is 45.4 Å². The Balaban J connectivity index is 1.20. The molecule has 0 radical (unpaired) electrons. The van der Waals surface area contributed by atoms with E-state index in [0.717, 1.165) is 67.8 Å². The van der Waals surface area contributed by atoms with Crippen LogP contribution in [0.1, 0.15) is 44.6 Å². The predicted octanol–water partition coefficient (Wildman–Crippen LogP) is 5.99. The van der Waals surface area contributed by atoms with Crippen LogP contribution in [0.25, 0.3) is 0 Å². The van der Waals surface area contributed by atoms with Crippen molar-refractivity contribution in [3.63, 3.8) is 0 Å². The monoisotopic (exact) mass is 472 g/mol. The highest BCUT2D eigenvalue weighted by Gasteiger charge is 2.22. The van der Waals surface area contributed by atoms with Crippen molar-refractivity contribution in [2.75, 3.05) is 41.7 Å². The van der Waals surface area contributed by atoms with Crippen LogP contribution < -0.4 is 15.5 Å². The van der Waals surface area contributed by atoms with Crippen LogP contribution in [0, 0.1) is 0 Å². The molecule has 1 aliphatic heterocycles. The lowest BCUT2D eigenvalue weighted by atomic mass is 10.0. The molecule has 6 nitrogen and oxygen atoms in total. The number of rotatable bonds is 8. The summed E-state index contributed by atoms with van der Waals surface area (Å²) in [5.41, 5.74) is 5.31. The van der Waals surface area contributed by atoms with Gasteiger partial charge in [0.15, 0.2) is 0 Å². The van der Waals surface area contributed by atoms with Crippen LogP contribution in [0.5, 0.6) is 0 Å². The molecule has 2 N–H and O–H groups in total. The molecule has 0 aromatic heterocycles. The van der Waals surface area contributed by atoms with Crippen molar-refractivity contribution in [1.29, 1.82) is 0 Å². The van der Waals surface area contributed by atoms with Crippen LogP contribution in [-0.2, 0) is 11.2 Å². The lowest BCUT2D eigenvalue weighted by Crippen LogP contribution is -2.50. The highest BCUT2D eigenvalue weighted by atomic mass is 16.2. The molecule has 2 aliphatic rings. The molecule has 2 aromatic rings. The van der Waals surface area contributed by atoms with E-state index in [2.05, 4.69) is 40.7 Å². The van der Waals surface area contributed by atoms with E-state index < -0.39 is 0 Å². The summed E-state index contributed by atoms with van der Waals surface area (Å²) >= 11 is 0. The first-order valence-electron chi connectivity index (χ1n) is 12.8. The van der Waals surface area contributed by atoms with E-state index >= 15 is 0 Å². The molecule has 3 amide bonds. The molecule has 1 saturated heterocycles. The Labute approximate surface area is 208 Å². The van der Waals surface area contributed by atoms with Crippen LogP contribution in [0.15, 0.2) is 72.3 Å². The molecule has 0 spiro atoms.